The van der Waals surface area contributed by atoms with Crippen LogP contribution in [-0.2, 0) is 6.42 Å². The van der Waals surface area contributed by atoms with Crippen molar-refractivity contribution in [2.75, 3.05) is 5.32 Å². The van der Waals surface area contributed by atoms with E-state index < -0.39 is 0 Å². The molecule has 3 aromatic carbocycles. The summed E-state index contributed by atoms with van der Waals surface area (Å²) in [6.45, 7) is 3.99. The Morgan fingerprint density at radius 1 is 0.968 bits per heavy atom. The fourth-order valence-electron chi connectivity index (χ4n) is 3.55. The molecule has 0 aliphatic heterocycles. The Labute approximate surface area is 187 Å². The number of amides is 1. The summed E-state index contributed by atoms with van der Waals surface area (Å²) in [4.78, 5) is 13.1. The number of aryl methyl sites for hydroxylation is 2. The van der Waals surface area contributed by atoms with Crippen LogP contribution in [-0.4, -0.2) is 15.7 Å². The van der Waals surface area contributed by atoms with Crippen molar-refractivity contribution in [2.24, 2.45) is 0 Å². The highest BCUT2D eigenvalue weighted by molar-refractivity contribution is 6.22. The summed E-state index contributed by atoms with van der Waals surface area (Å²) < 4.78 is 1.70. The Morgan fingerprint density at radius 2 is 1.71 bits per heavy atom. The average molecular weight is 430 g/mol. The second-order valence-electron chi connectivity index (χ2n) is 7.46. The van der Waals surface area contributed by atoms with Crippen molar-refractivity contribution in [2.45, 2.75) is 25.6 Å². The highest BCUT2D eigenvalue weighted by Crippen LogP contribution is 2.30. The molecule has 0 saturated carbocycles. The zero-order valence-electron chi connectivity index (χ0n) is 17.5. The lowest BCUT2D eigenvalue weighted by Gasteiger charge is -2.13. The van der Waals surface area contributed by atoms with Gasteiger partial charge in [-0.25, -0.2) is 4.68 Å². The van der Waals surface area contributed by atoms with Crippen molar-refractivity contribution in [3.63, 3.8) is 0 Å². The molecule has 5 heteroatoms. The molecule has 1 amide bonds. The molecule has 0 fully saturated rings. The van der Waals surface area contributed by atoms with Gasteiger partial charge in [-0.05, 0) is 60.4 Å². The van der Waals surface area contributed by atoms with Crippen LogP contribution in [0.1, 0.15) is 45.2 Å². The fraction of sp³-hybridized carbons (Fsp3) is 0.154. The van der Waals surface area contributed by atoms with E-state index in [4.69, 9.17) is 11.6 Å². The smallest absolute Gasteiger partial charge is 0.274 e. The molecule has 156 valence electrons. The van der Waals surface area contributed by atoms with E-state index in [9.17, 15) is 4.79 Å². The molecular formula is C26H24ClN3O. The van der Waals surface area contributed by atoms with Gasteiger partial charge >= 0.3 is 0 Å². The normalized spacial score (nSPS) is 11.8. The largest absolute Gasteiger partial charge is 0.321 e. The summed E-state index contributed by atoms with van der Waals surface area (Å²) in [5, 5.41) is 7.25. The lowest BCUT2D eigenvalue weighted by molar-refractivity contribution is 0.101. The number of rotatable bonds is 6. The van der Waals surface area contributed by atoms with E-state index in [0.717, 1.165) is 28.9 Å². The van der Waals surface area contributed by atoms with E-state index in [1.54, 1.807) is 10.7 Å². The van der Waals surface area contributed by atoms with Crippen LogP contribution in [0.5, 0.6) is 0 Å². The van der Waals surface area contributed by atoms with Crippen molar-refractivity contribution in [3.8, 4) is 5.69 Å². The first-order chi connectivity index (χ1) is 15.0. The van der Waals surface area contributed by atoms with Crippen LogP contribution in [0, 0.1) is 6.92 Å². The quantitative estimate of drug-likeness (QED) is 0.364. The Kier molecular flexibility index (Phi) is 6.19. The number of carbonyl (C=O) groups is 1. The number of nitrogens with zero attached hydrogens (tertiary/aromatic N) is 2. The Bertz CT molecular complexity index is 1200. The molecule has 0 spiro atoms. The van der Waals surface area contributed by atoms with E-state index >= 15 is 0 Å². The van der Waals surface area contributed by atoms with E-state index in [2.05, 4.69) is 29.5 Å². The summed E-state index contributed by atoms with van der Waals surface area (Å²) in [6.07, 6.45) is 0.920. The van der Waals surface area contributed by atoms with Gasteiger partial charge in [0.25, 0.3) is 5.91 Å². The third-order valence-corrected chi connectivity index (χ3v) is 5.66. The van der Waals surface area contributed by atoms with Gasteiger partial charge in [-0.15, -0.1) is 11.6 Å². The number of hydrogen-bond donors (Lipinski definition) is 1. The number of alkyl halides is 1. The maximum absolute atomic E-state index is 13.1. The molecule has 1 N–H and O–H groups in total. The fourth-order valence-corrected chi connectivity index (χ4v) is 3.83. The van der Waals surface area contributed by atoms with E-state index in [0.29, 0.717) is 11.4 Å². The van der Waals surface area contributed by atoms with Crippen LogP contribution < -0.4 is 5.32 Å². The lowest BCUT2D eigenvalue weighted by atomic mass is 10.0. The topological polar surface area (TPSA) is 46.9 Å². The van der Waals surface area contributed by atoms with Gasteiger partial charge in [-0.1, -0.05) is 61.5 Å². The second kappa shape index (κ2) is 9.19. The van der Waals surface area contributed by atoms with Gasteiger partial charge in [-0.2, -0.15) is 5.10 Å². The van der Waals surface area contributed by atoms with Crippen molar-refractivity contribution in [1.29, 1.82) is 0 Å². The zero-order valence-corrected chi connectivity index (χ0v) is 18.3. The molecule has 0 saturated heterocycles. The second-order valence-corrected chi connectivity index (χ2v) is 7.90. The van der Waals surface area contributed by atoms with Gasteiger partial charge in [-0.3, -0.25) is 4.79 Å². The highest BCUT2D eigenvalue weighted by atomic mass is 35.5. The molecule has 4 rings (SSSR count). The van der Waals surface area contributed by atoms with Crippen molar-refractivity contribution < 1.29 is 4.79 Å². The number of anilines is 1. The Balaban J connectivity index is 1.60. The SMILES string of the molecule is CCc1cccc(-n2nc(C)cc2C(=O)Nc2cccc(C(Cl)c3ccccc3)c2)c1. The molecule has 4 aromatic rings. The maximum atomic E-state index is 13.1. The number of aromatic nitrogens is 2. The van der Waals surface area contributed by atoms with Crippen LogP contribution in [0.25, 0.3) is 5.69 Å². The first kappa shape index (κ1) is 20.9. The van der Waals surface area contributed by atoms with E-state index in [1.807, 2.05) is 73.7 Å². The molecule has 0 radical (unpaired) electrons. The van der Waals surface area contributed by atoms with E-state index in [1.165, 1.54) is 5.56 Å². The van der Waals surface area contributed by atoms with Gasteiger partial charge in [0.05, 0.1) is 16.8 Å². The van der Waals surface area contributed by atoms with Gasteiger partial charge in [0.2, 0.25) is 0 Å². The molecule has 0 aliphatic carbocycles. The Morgan fingerprint density at radius 3 is 2.48 bits per heavy atom. The minimum absolute atomic E-state index is 0.217. The molecule has 1 aromatic heterocycles. The van der Waals surface area contributed by atoms with Gasteiger partial charge in [0.1, 0.15) is 5.69 Å². The molecule has 0 bridgehead atoms. The average Bonchev–Trinajstić information content (AvgIpc) is 3.21. The summed E-state index contributed by atoms with van der Waals surface area (Å²) >= 11 is 6.67. The lowest BCUT2D eigenvalue weighted by Crippen LogP contribution is -2.17. The summed E-state index contributed by atoms with van der Waals surface area (Å²) in [5.74, 6) is -0.217. The van der Waals surface area contributed by atoms with Crippen LogP contribution in [0.3, 0.4) is 0 Å². The van der Waals surface area contributed by atoms with Gasteiger partial charge in [0.15, 0.2) is 0 Å². The summed E-state index contributed by atoms with van der Waals surface area (Å²) in [6, 6.07) is 27.4. The minimum atomic E-state index is -0.289. The van der Waals surface area contributed by atoms with Crippen LogP contribution in [0.15, 0.2) is 84.9 Å². The van der Waals surface area contributed by atoms with Crippen molar-refractivity contribution >= 4 is 23.2 Å². The molecule has 31 heavy (non-hydrogen) atoms. The predicted octanol–water partition coefficient (Wildman–Crippen LogP) is 6.32. The van der Waals surface area contributed by atoms with Crippen LogP contribution in [0.2, 0.25) is 0 Å². The van der Waals surface area contributed by atoms with Crippen molar-refractivity contribution in [3.05, 3.63) is 113 Å². The number of carbonyl (C=O) groups excluding carboxylic acids is 1. The monoisotopic (exact) mass is 429 g/mol. The molecule has 1 atom stereocenters. The molecule has 4 nitrogen and oxygen atoms in total. The third kappa shape index (κ3) is 4.70. The van der Waals surface area contributed by atoms with E-state index in [-0.39, 0.29) is 11.3 Å². The standard InChI is InChI=1S/C26H24ClN3O/c1-3-19-9-7-14-23(16-19)30-24(15-18(2)29-30)26(31)28-22-13-8-12-21(17-22)25(27)20-10-5-4-6-11-20/h4-17,25H,3H2,1-2H3,(H,28,31). The third-order valence-electron chi connectivity index (χ3n) is 5.16. The van der Waals surface area contributed by atoms with Crippen LogP contribution in [0.4, 0.5) is 5.69 Å². The zero-order chi connectivity index (χ0) is 21.8. The molecule has 0 aliphatic rings. The van der Waals surface area contributed by atoms with Gasteiger partial charge in [0, 0.05) is 5.69 Å². The Hall–Kier alpha value is -3.37. The first-order valence-corrected chi connectivity index (χ1v) is 10.7. The molecule has 1 unspecified atom stereocenters. The highest BCUT2D eigenvalue weighted by Gasteiger charge is 2.17. The first-order valence-electron chi connectivity index (χ1n) is 10.3. The minimum Gasteiger partial charge on any atom is -0.321 e. The summed E-state index contributed by atoms with van der Waals surface area (Å²) in [5.41, 5.74) is 5.96. The summed E-state index contributed by atoms with van der Waals surface area (Å²) in [7, 11) is 0. The van der Waals surface area contributed by atoms with Crippen LogP contribution >= 0.6 is 11.6 Å². The molecule has 1 heterocycles. The number of halogens is 1. The number of benzene rings is 3. The number of hydrogen-bond acceptors (Lipinski definition) is 2. The van der Waals surface area contributed by atoms with Gasteiger partial charge < -0.3 is 5.32 Å². The molecular weight excluding hydrogens is 406 g/mol. The predicted molar refractivity (Wildman–Crippen MR) is 126 cm³/mol. The maximum Gasteiger partial charge on any atom is 0.274 e. The van der Waals surface area contributed by atoms with Crippen molar-refractivity contribution in [1.82, 2.24) is 9.78 Å². The number of nitrogens with one attached hydrogen (secondary N) is 1.